The van der Waals surface area contributed by atoms with Gasteiger partial charge in [0.2, 0.25) is 0 Å². The Morgan fingerprint density at radius 2 is 1.90 bits per heavy atom. The number of ether oxygens (including phenoxy) is 1. The standard InChI is InChI=1S/C14H24N2O4/c1-20-10-11-4-7-15(8-5-11)14(19)16-6-2-3-12(16)9-13(17)18/h11-12H,2-10H2,1H3,(H,17,18). The first-order valence-corrected chi connectivity index (χ1v) is 7.38. The molecular formula is C14H24N2O4. The maximum absolute atomic E-state index is 12.5. The van der Waals surface area contributed by atoms with Crippen LogP contribution in [0.1, 0.15) is 32.1 Å². The lowest BCUT2D eigenvalue weighted by Gasteiger charge is -2.36. The smallest absolute Gasteiger partial charge is 0.320 e. The van der Waals surface area contributed by atoms with Gasteiger partial charge >= 0.3 is 12.0 Å². The third kappa shape index (κ3) is 3.62. The van der Waals surface area contributed by atoms with Gasteiger partial charge in [-0.2, -0.15) is 0 Å². The number of rotatable bonds is 4. The predicted octanol–water partition coefficient (Wildman–Crippen LogP) is 1.40. The Hall–Kier alpha value is -1.30. The van der Waals surface area contributed by atoms with Crippen LogP contribution < -0.4 is 0 Å². The average Bonchev–Trinajstić information content (AvgIpc) is 2.86. The molecule has 2 amide bonds. The number of amides is 2. The molecule has 2 saturated heterocycles. The molecule has 20 heavy (non-hydrogen) atoms. The molecule has 2 aliphatic heterocycles. The Morgan fingerprint density at radius 3 is 2.50 bits per heavy atom. The average molecular weight is 284 g/mol. The molecule has 0 aromatic heterocycles. The number of nitrogens with zero attached hydrogens (tertiary/aromatic N) is 2. The number of methoxy groups -OCH3 is 1. The molecule has 2 rings (SSSR count). The summed E-state index contributed by atoms with van der Waals surface area (Å²) in [5, 5.41) is 8.91. The molecule has 6 heteroatoms. The van der Waals surface area contributed by atoms with Gasteiger partial charge in [-0.05, 0) is 31.6 Å². The van der Waals surface area contributed by atoms with E-state index in [1.807, 2.05) is 4.90 Å². The summed E-state index contributed by atoms with van der Waals surface area (Å²) in [6.45, 7) is 2.95. The van der Waals surface area contributed by atoms with Gasteiger partial charge in [-0.15, -0.1) is 0 Å². The van der Waals surface area contributed by atoms with Crippen molar-refractivity contribution in [3.63, 3.8) is 0 Å². The zero-order chi connectivity index (χ0) is 14.5. The van der Waals surface area contributed by atoms with E-state index in [-0.39, 0.29) is 18.5 Å². The van der Waals surface area contributed by atoms with E-state index in [1.165, 1.54) is 0 Å². The zero-order valence-corrected chi connectivity index (χ0v) is 12.1. The first-order valence-electron chi connectivity index (χ1n) is 7.38. The molecular weight excluding hydrogens is 260 g/mol. The highest BCUT2D eigenvalue weighted by molar-refractivity contribution is 5.76. The zero-order valence-electron chi connectivity index (χ0n) is 12.1. The van der Waals surface area contributed by atoms with Crippen LogP contribution in [0.5, 0.6) is 0 Å². The Bertz CT molecular complexity index is 353. The SMILES string of the molecule is COCC1CCN(C(=O)N2CCCC2CC(=O)O)CC1. The minimum absolute atomic E-state index is 0.0182. The Labute approximate surface area is 119 Å². The molecule has 0 saturated carbocycles. The van der Waals surface area contributed by atoms with Gasteiger partial charge in [0, 0.05) is 39.4 Å². The van der Waals surface area contributed by atoms with Gasteiger partial charge in [0.1, 0.15) is 0 Å². The van der Waals surface area contributed by atoms with Crippen LogP contribution in [0.15, 0.2) is 0 Å². The van der Waals surface area contributed by atoms with Crippen molar-refractivity contribution in [1.82, 2.24) is 9.80 Å². The Balaban J connectivity index is 1.86. The van der Waals surface area contributed by atoms with E-state index in [0.29, 0.717) is 12.5 Å². The van der Waals surface area contributed by atoms with Crippen LogP contribution in [0, 0.1) is 5.92 Å². The summed E-state index contributed by atoms with van der Waals surface area (Å²) in [5.41, 5.74) is 0. The van der Waals surface area contributed by atoms with E-state index in [4.69, 9.17) is 9.84 Å². The van der Waals surface area contributed by atoms with E-state index in [2.05, 4.69) is 0 Å². The van der Waals surface area contributed by atoms with Crippen molar-refractivity contribution in [2.45, 2.75) is 38.1 Å². The Morgan fingerprint density at radius 1 is 1.20 bits per heavy atom. The fourth-order valence-corrected chi connectivity index (χ4v) is 3.21. The normalized spacial score (nSPS) is 24.1. The lowest BCUT2D eigenvalue weighted by atomic mass is 9.98. The van der Waals surface area contributed by atoms with Crippen LogP contribution in [0.25, 0.3) is 0 Å². The lowest BCUT2D eigenvalue weighted by Crippen LogP contribution is -2.49. The van der Waals surface area contributed by atoms with Crippen molar-refractivity contribution in [1.29, 1.82) is 0 Å². The molecule has 0 radical (unpaired) electrons. The number of hydrogen-bond donors (Lipinski definition) is 1. The number of hydrogen-bond acceptors (Lipinski definition) is 3. The molecule has 0 bridgehead atoms. The van der Waals surface area contributed by atoms with Gasteiger partial charge < -0.3 is 19.6 Å². The third-order valence-electron chi connectivity index (χ3n) is 4.32. The summed E-state index contributed by atoms with van der Waals surface area (Å²) < 4.78 is 5.16. The Kier molecular flexibility index (Phi) is 5.23. The molecule has 6 nitrogen and oxygen atoms in total. The van der Waals surface area contributed by atoms with Crippen molar-refractivity contribution >= 4 is 12.0 Å². The summed E-state index contributed by atoms with van der Waals surface area (Å²) in [6.07, 6.45) is 3.71. The van der Waals surface area contributed by atoms with E-state index in [1.54, 1.807) is 12.0 Å². The fourth-order valence-electron chi connectivity index (χ4n) is 3.21. The molecule has 1 N–H and O–H groups in total. The first kappa shape index (κ1) is 15.1. The highest BCUT2D eigenvalue weighted by atomic mass is 16.5. The van der Waals surface area contributed by atoms with Gasteiger partial charge in [0.05, 0.1) is 6.42 Å². The minimum Gasteiger partial charge on any atom is -0.481 e. The van der Waals surface area contributed by atoms with Crippen molar-refractivity contribution in [2.24, 2.45) is 5.92 Å². The quantitative estimate of drug-likeness (QED) is 0.847. The largest absolute Gasteiger partial charge is 0.481 e. The van der Waals surface area contributed by atoms with Crippen LogP contribution >= 0.6 is 0 Å². The molecule has 0 aliphatic carbocycles. The van der Waals surface area contributed by atoms with Crippen LogP contribution in [0.3, 0.4) is 0 Å². The number of aliphatic carboxylic acids is 1. The van der Waals surface area contributed by atoms with Gasteiger partial charge in [0.25, 0.3) is 0 Å². The maximum Gasteiger partial charge on any atom is 0.320 e. The number of likely N-dealkylation sites (tertiary alicyclic amines) is 2. The number of urea groups is 1. The second-order valence-electron chi connectivity index (χ2n) is 5.76. The molecule has 0 aromatic rings. The predicted molar refractivity (Wildman–Crippen MR) is 73.5 cm³/mol. The van der Waals surface area contributed by atoms with Crippen molar-refractivity contribution < 1.29 is 19.4 Å². The van der Waals surface area contributed by atoms with Gasteiger partial charge in [-0.3, -0.25) is 4.79 Å². The van der Waals surface area contributed by atoms with Gasteiger partial charge in [0.15, 0.2) is 0 Å². The number of carboxylic acid groups (broad SMARTS) is 1. The third-order valence-corrected chi connectivity index (χ3v) is 4.32. The lowest BCUT2D eigenvalue weighted by molar-refractivity contribution is -0.138. The number of carbonyl (C=O) groups excluding carboxylic acids is 1. The molecule has 1 unspecified atom stereocenters. The number of carbonyl (C=O) groups is 2. The molecule has 114 valence electrons. The summed E-state index contributed by atoms with van der Waals surface area (Å²) in [5.74, 6) is -0.286. The monoisotopic (exact) mass is 284 g/mol. The second-order valence-corrected chi connectivity index (χ2v) is 5.76. The van der Waals surface area contributed by atoms with Gasteiger partial charge in [-0.25, -0.2) is 4.79 Å². The second kappa shape index (κ2) is 6.92. The minimum atomic E-state index is -0.825. The van der Waals surface area contributed by atoms with Crippen molar-refractivity contribution in [3.05, 3.63) is 0 Å². The van der Waals surface area contributed by atoms with E-state index in [9.17, 15) is 9.59 Å². The van der Waals surface area contributed by atoms with E-state index in [0.717, 1.165) is 45.4 Å². The van der Waals surface area contributed by atoms with Crippen molar-refractivity contribution in [3.8, 4) is 0 Å². The summed E-state index contributed by atoms with van der Waals surface area (Å²) in [4.78, 5) is 27.0. The summed E-state index contributed by atoms with van der Waals surface area (Å²) in [6, 6.07) is -0.110. The van der Waals surface area contributed by atoms with Crippen LogP contribution in [0.4, 0.5) is 4.79 Å². The topological polar surface area (TPSA) is 70.1 Å². The molecule has 1 atom stereocenters. The molecule has 2 aliphatic rings. The van der Waals surface area contributed by atoms with Crippen LogP contribution in [0.2, 0.25) is 0 Å². The highest BCUT2D eigenvalue weighted by Gasteiger charge is 2.34. The number of carboxylic acids is 1. The molecule has 0 aromatic carbocycles. The fraction of sp³-hybridized carbons (Fsp3) is 0.857. The molecule has 2 heterocycles. The first-order chi connectivity index (χ1) is 9.61. The summed E-state index contributed by atoms with van der Waals surface area (Å²) in [7, 11) is 1.71. The number of piperidine rings is 1. The maximum atomic E-state index is 12.5. The van der Waals surface area contributed by atoms with E-state index >= 15 is 0 Å². The molecule has 0 spiro atoms. The van der Waals surface area contributed by atoms with Gasteiger partial charge in [-0.1, -0.05) is 0 Å². The van der Waals surface area contributed by atoms with E-state index < -0.39 is 5.97 Å². The van der Waals surface area contributed by atoms with Crippen LogP contribution in [-0.4, -0.2) is 66.3 Å². The molecule has 2 fully saturated rings. The van der Waals surface area contributed by atoms with Crippen molar-refractivity contribution in [2.75, 3.05) is 33.4 Å². The summed E-state index contributed by atoms with van der Waals surface area (Å²) >= 11 is 0. The highest BCUT2D eigenvalue weighted by Crippen LogP contribution is 2.24. The van der Waals surface area contributed by atoms with Crippen LogP contribution in [-0.2, 0) is 9.53 Å².